The summed E-state index contributed by atoms with van der Waals surface area (Å²) >= 11 is 0. The van der Waals surface area contributed by atoms with E-state index in [1.165, 1.54) is 12.8 Å². The summed E-state index contributed by atoms with van der Waals surface area (Å²) in [7, 11) is 2.11. The number of aliphatic carboxylic acids is 1. The maximum absolute atomic E-state index is 12.1. The van der Waals surface area contributed by atoms with Crippen molar-refractivity contribution in [3.8, 4) is 0 Å². The van der Waals surface area contributed by atoms with Crippen LogP contribution < -0.4 is 5.32 Å². The molecule has 6 heteroatoms. The Labute approximate surface area is 120 Å². The zero-order valence-corrected chi connectivity index (χ0v) is 12.2. The number of carbonyl (C=O) groups excluding carboxylic acids is 1. The molecule has 2 N–H and O–H groups in total. The zero-order chi connectivity index (χ0) is 14.5. The topological polar surface area (TPSA) is 72.9 Å². The van der Waals surface area contributed by atoms with Gasteiger partial charge in [0.2, 0.25) is 0 Å². The van der Waals surface area contributed by atoms with Gasteiger partial charge in [-0.3, -0.25) is 4.79 Å². The standard InChI is InChI=1S/C14H25N3O3/c1-16-7-3-2-4-12(16)10-15-14(20)17-8-5-11(6-9-17)13(18)19/h11-12H,2-10H2,1H3,(H,15,20)(H,18,19). The largest absolute Gasteiger partial charge is 0.481 e. The fraction of sp³-hybridized carbons (Fsp3) is 0.857. The molecule has 0 saturated carbocycles. The van der Waals surface area contributed by atoms with Crippen molar-refractivity contribution in [3.63, 3.8) is 0 Å². The van der Waals surface area contributed by atoms with Gasteiger partial charge in [0.25, 0.3) is 0 Å². The fourth-order valence-electron chi connectivity index (χ4n) is 3.05. The van der Waals surface area contributed by atoms with Crippen molar-refractivity contribution in [2.24, 2.45) is 5.92 Å². The van der Waals surface area contributed by atoms with E-state index in [1.54, 1.807) is 4.90 Å². The van der Waals surface area contributed by atoms with Crippen LogP contribution in [0, 0.1) is 5.92 Å². The number of hydrogen-bond acceptors (Lipinski definition) is 3. The highest BCUT2D eigenvalue weighted by Gasteiger charge is 2.27. The number of piperidine rings is 2. The Bertz CT molecular complexity index is 354. The monoisotopic (exact) mass is 283 g/mol. The second kappa shape index (κ2) is 6.92. The van der Waals surface area contributed by atoms with Gasteiger partial charge in [-0.2, -0.15) is 0 Å². The fourth-order valence-corrected chi connectivity index (χ4v) is 3.05. The molecule has 2 rings (SSSR count). The highest BCUT2D eigenvalue weighted by molar-refractivity contribution is 5.75. The van der Waals surface area contributed by atoms with Gasteiger partial charge in [-0.15, -0.1) is 0 Å². The number of carboxylic acid groups (broad SMARTS) is 1. The summed E-state index contributed by atoms with van der Waals surface area (Å²) in [5.41, 5.74) is 0. The molecule has 0 aromatic heterocycles. The van der Waals surface area contributed by atoms with Gasteiger partial charge >= 0.3 is 12.0 Å². The summed E-state index contributed by atoms with van der Waals surface area (Å²) in [6, 6.07) is 0.386. The summed E-state index contributed by atoms with van der Waals surface area (Å²) in [6.07, 6.45) is 4.73. The second-order valence-electron chi connectivity index (χ2n) is 5.92. The third-order valence-corrected chi connectivity index (χ3v) is 4.54. The quantitative estimate of drug-likeness (QED) is 0.810. The molecule has 2 aliphatic heterocycles. The van der Waals surface area contributed by atoms with E-state index >= 15 is 0 Å². The predicted molar refractivity (Wildman–Crippen MR) is 75.6 cm³/mol. The minimum Gasteiger partial charge on any atom is -0.481 e. The van der Waals surface area contributed by atoms with E-state index in [-0.39, 0.29) is 11.9 Å². The Morgan fingerprint density at radius 3 is 2.45 bits per heavy atom. The predicted octanol–water partition coefficient (Wildman–Crippen LogP) is 0.977. The van der Waals surface area contributed by atoms with Crippen LogP contribution in [-0.2, 0) is 4.79 Å². The molecule has 2 fully saturated rings. The molecule has 0 spiro atoms. The highest BCUT2D eigenvalue weighted by Crippen LogP contribution is 2.18. The lowest BCUT2D eigenvalue weighted by Gasteiger charge is -2.34. The summed E-state index contributed by atoms with van der Waals surface area (Å²) in [5.74, 6) is -1.03. The van der Waals surface area contributed by atoms with Crippen LogP contribution in [-0.4, -0.2) is 66.2 Å². The van der Waals surface area contributed by atoms with E-state index < -0.39 is 5.97 Å². The van der Waals surface area contributed by atoms with Crippen LogP contribution in [0.4, 0.5) is 4.79 Å². The first kappa shape index (κ1) is 15.1. The Kier molecular flexibility index (Phi) is 5.23. The van der Waals surface area contributed by atoms with E-state index in [0.29, 0.717) is 38.5 Å². The SMILES string of the molecule is CN1CCCCC1CNC(=O)N1CCC(C(=O)O)CC1. The number of hydrogen-bond donors (Lipinski definition) is 2. The molecule has 0 radical (unpaired) electrons. The molecule has 0 aromatic rings. The maximum Gasteiger partial charge on any atom is 0.317 e. The number of carboxylic acids is 1. The van der Waals surface area contributed by atoms with Gasteiger partial charge in [0.15, 0.2) is 0 Å². The van der Waals surface area contributed by atoms with Gasteiger partial charge in [0, 0.05) is 25.7 Å². The summed E-state index contributed by atoms with van der Waals surface area (Å²) < 4.78 is 0. The molecule has 2 heterocycles. The molecule has 6 nitrogen and oxygen atoms in total. The van der Waals surface area contributed by atoms with Gasteiger partial charge < -0.3 is 20.2 Å². The molecule has 2 amide bonds. The van der Waals surface area contributed by atoms with Gasteiger partial charge in [-0.25, -0.2) is 4.79 Å². The van der Waals surface area contributed by atoms with Crippen LogP contribution in [0.25, 0.3) is 0 Å². The minimum absolute atomic E-state index is 0.0483. The van der Waals surface area contributed by atoms with Gasteiger partial charge in [0.05, 0.1) is 5.92 Å². The smallest absolute Gasteiger partial charge is 0.317 e. The van der Waals surface area contributed by atoms with Crippen molar-refractivity contribution in [2.75, 3.05) is 33.2 Å². The van der Waals surface area contributed by atoms with Crippen molar-refractivity contribution in [2.45, 2.75) is 38.1 Å². The van der Waals surface area contributed by atoms with Crippen LogP contribution >= 0.6 is 0 Å². The van der Waals surface area contributed by atoms with Crippen molar-refractivity contribution in [1.82, 2.24) is 15.1 Å². The number of urea groups is 1. The van der Waals surface area contributed by atoms with Crippen molar-refractivity contribution in [3.05, 3.63) is 0 Å². The second-order valence-corrected chi connectivity index (χ2v) is 5.92. The molecule has 2 aliphatic rings. The normalized spacial score (nSPS) is 25.4. The molecule has 0 bridgehead atoms. The van der Waals surface area contributed by atoms with Crippen LogP contribution in [0.2, 0.25) is 0 Å². The Morgan fingerprint density at radius 1 is 1.15 bits per heavy atom. The van der Waals surface area contributed by atoms with E-state index in [1.807, 2.05) is 0 Å². The van der Waals surface area contributed by atoms with Gasteiger partial charge in [-0.05, 0) is 39.3 Å². The summed E-state index contributed by atoms with van der Waals surface area (Å²) in [4.78, 5) is 27.0. The van der Waals surface area contributed by atoms with Crippen molar-refractivity contribution in [1.29, 1.82) is 0 Å². The Morgan fingerprint density at radius 2 is 1.85 bits per heavy atom. The molecular formula is C14H25N3O3. The number of amides is 2. The number of nitrogens with one attached hydrogen (secondary N) is 1. The number of carbonyl (C=O) groups is 2. The van der Waals surface area contributed by atoms with E-state index in [9.17, 15) is 9.59 Å². The van der Waals surface area contributed by atoms with Gasteiger partial charge in [-0.1, -0.05) is 6.42 Å². The molecule has 0 aliphatic carbocycles. The van der Waals surface area contributed by atoms with Crippen molar-refractivity contribution >= 4 is 12.0 Å². The number of likely N-dealkylation sites (N-methyl/N-ethyl adjacent to an activating group) is 1. The molecule has 114 valence electrons. The highest BCUT2D eigenvalue weighted by atomic mass is 16.4. The zero-order valence-electron chi connectivity index (χ0n) is 12.2. The summed E-state index contributed by atoms with van der Waals surface area (Å²) in [5, 5.41) is 11.9. The van der Waals surface area contributed by atoms with E-state index in [0.717, 1.165) is 13.0 Å². The minimum atomic E-state index is -0.742. The molecule has 2 saturated heterocycles. The number of rotatable bonds is 3. The lowest BCUT2D eigenvalue weighted by Crippen LogP contribution is -2.50. The molecular weight excluding hydrogens is 258 g/mol. The van der Waals surface area contributed by atoms with Crippen molar-refractivity contribution < 1.29 is 14.7 Å². The molecule has 0 aromatic carbocycles. The third-order valence-electron chi connectivity index (χ3n) is 4.54. The Balaban J connectivity index is 1.71. The Hall–Kier alpha value is -1.30. The van der Waals surface area contributed by atoms with E-state index in [2.05, 4.69) is 17.3 Å². The third kappa shape index (κ3) is 3.85. The first-order valence-electron chi connectivity index (χ1n) is 7.53. The lowest BCUT2D eigenvalue weighted by atomic mass is 9.97. The van der Waals surface area contributed by atoms with Gasteiger partial charge in [0.1, 0.15) is 0 Å². The number of nitrogens with zero attached hydrogens (tertiary/aromatic N) is 2. The van der Waals surface area contributed by atoms with Crippen LogP contribution in [0.1, 0.15) is 32.1 Å². The van der Waals surface area contributed by atoms with E-state index in [4.69, 9.17) is 5.11 Å². The molecule has 20 heavy (non-hydrogen) atoms. The average Bonchev–Trinajstić information content (AvgIpc) is 2.46. The number of likely N-dealkylation sites (tertiary alicyclic amines) is 2. The maximum atomic E-state index is 12.1. The summed E-state index contributed by atoms with van der Waals surface area (Å²) in [6.45, 7) is 2.88. The molecule has 1 atom stereocenters. The molecule has 1 unspecified atom stereocenters. The van der Waals surface area contributed by atoms with Crippen LogP contribution in [0.5, 0.6) is 0 Å². The van der Waals surface area contributed by atoms with Crippen LogP contribution in [0.3, 0.4) is 0 Å². The average molecular weight is 283 g/mol. The van der Waals surface area contributed by atoms with Crippen LogP contribution in [0.15, 0.2) is 0 Å². The first-order chi connectivity index (χ1) is 9.58. The first-order valence-corrected chi connectivity index (χ1v) is 7.53. The lowest BCUT2D eigenvalue weighted by molar-refractivity contribution is -0.143.